The molecular weight excluding hydrogens is 634 g/mol. The summed E-state index contributed by atoms with van der Waals surface area (Å²) in [5, 5.41) is 8.67. The van der Waals surface area contributed by atoms with E-state index in [0.717, 1.165) is 4.90 Å². The van der Waals surface area contributed by atoms with E-state index in [4.69, 9.17) is 20.3 Å². The van der Waals surface area contributed by atoms with Crippen LogP contribution in [0.4, 0.5) is 0 Å². The summed E-state index contributed by atoms with van der Waals surface area (Å²) in [6.07, 6.45) is -0.191. The predicted molar refractivity (Wildman–Crippen MR) is 157 cm³/mol. The standard InChI is InChI=1S/C25H30N4O9S2.C2H5NO2/c1-24(2)17(29-20(32)16(21(29)39-24)27-19(31)15(26)12-8-6-5-7-9-12)22(33)37-11-38-23(34)18-25(3,4)40(35,36)14-10-13(30)28(14)18;3-1-2(4)5/h5-9,14-18,21H,10-11,26H2,1-4H3,(H,27,31);1,3H2,(H,4,5)/t14-,15-,16-,17+,18+,21-;/m1./s1. The van der Waals surface area contributed by atoms with Gasteiger partial charge < -0.3 is 41.2 Å². The third kappa shape index (κ3) is 5.86. The van der Waals surface area contributed by atoms with Gasteiger partial charge in [-0.3, -0.25) is 19.2 Å². The van der Waals surface area contributed by atoms with Crippen molar-refractivity contribution in [3.05, 3.63) is 35.9 Å². The van der Waals surface area contributed by atoms with Crippen LogP contribution in [0.2, 0.25) is 0 Å². The van der Waals surface area contributed by atoms with Gasteiger partial charge in [0.25, 0.3) is 0 Å². The number of nitrogens with zero attached hydrogens (tertiary/aromatic N) is 2. The first-order chi connectivity index (χ1) is 20.9. The number of nitrogens with one attached hydrogen (secondary N) is 1. The van der Waals surface area contributed by atoms with Gasteiger partial charge in [0.15, 0.2) is 9.84 Å². The molecule has 16 nitrogen and oxygen atoms in total. The first-order valence-corrected chi connectivity index (χ1v) is 16.2. The Balaban J connectivity index is 0.000000854. The Morgan fingerprint density at radius 2 is 1.60 bits per heavy atom. The van der Waals surface area contributed by atoms with E-state index >= 15 is 0 Å². The highest BCUT2D eigenvalue weighted by Crippen LogP contribution is 2.51. The number of amides is 3. The fourth-order valence-electron chi connectivity index (χ4n) is 5.69. The fraction of sp³-hybridized carbons (Fsp3) is 0.556. The Hall–Kier alpha value is -3.74. The average molecular weight is 670 g/mol. The summed E-state index contributed by atoms with van der Waals surface area (Å²) in [6.45, 7) is 5.09. The van der Waals surface area contributed by atoms with E-state index in [9.17, 15) is 37.2 Å². The number of ether oxygens (including phenoxy) is 2. The Morgan fingerprint density at radius 1 is 1.04 bits per heavy atom. The molecule has 0 spiro atoms. The van der Waals surface area contributed by atoms with Crippen molar-refractivity contribution in [1.82, 2.24) is 15.1 Å². The maximum Gasteiger partial charge on any atom is 0.333 e. The number of carboxylic acid groups (broad SMARTS) is 1. The summed E-state index contributed by atoms with van der Waals surface area (Å²) in [5.74, 6) is -4.28. The van der Waals surface area contributed by atoms with E-state index in [1.807, 2.05) is 0 Å². The van der Waals surface area contributed by atoms with Gasteiger partial charge in [-0.15, -0.1) is 11.8 Å². The summed E-state index contributed by atoms with van der Waals surface area (Å²) in [4.78, 5) is 75.2. The number of benzene rings is 1. The summed E-state index contributed by atoms with van der Waals surface area (Å²) < 4.78 is 33.3. The summed E-state index contributed by atoms with van der Waals surface area (Å²) in [5.41, 5.74) is 11.2. The van der Waals surface area contributed by atoms with Gasteiger partial charge >= 0.3 is 17.9 Å². The molecule has 1 aromatic carbocycles. The monoisotopic (exact) mass is 669 g/mol. The van der Waals surface area contributed by atoms with Crippen molar-refractivity contribution in [2.24, 2.45) is 11.5 Å². The zero-order chi connectivity index (χ0) is 33.6. The van der Waals surface area contributed by atoms with Gasteiger partial charge in [0.1, 0.15) is 34.9 Å². The van der Waals surface area contributed by atoms with Crippen LogP contribution in [0.1, 0.15) is 45.7 Å². The second kappa shape index (κ2) is 12.2. The van der Waals surface area contributed by atoms with E-state index < -0.39 is 96.7 Å². The number of hydrogen-bond acceptors (Lipinski definition) is 13. The van der Waals surface area contributed by atoms with E-state index in [1.165, 1.54) is 30.5 Å². The number of sulfone groups is 1. The Labute approximate surface area is 263 Å². The highest BCUT2D eigenvalue weighted by molar-refractivity contribution is 8.01. The molecule has 0 unspecified atom stereocenters. The number of aliphatic carboxylic acids is 1. The van der Waals surface area contributed by atoms with Crippen LogP contribution in [0.3, 0.4) is 0 Å². The van der Waals surface area contributed by atoms with Crippen molar-refractivity contribution in [2.75, 3.05) is 13.3 Å². The minimum absolute atomic E-state index is 0.191. The lowest BCUT2D eigenvalue weighted by Crippen LogP contribution is -2.71. The summed E-state index contributed by atoms with van der Waals surface area (Å²) in [7, 11) is -3.80. The van der Waals surface area contributed by atoms with Crippen molar-refractivity contribution >= 4 is 57.2 Å². The molecule has 246 valence electrons. The molecule has 5 rings (SSSR count). The minimum Gasteiger partial charge on any atom is -0.480 e. The van der Waals surface area contributed by atoms with Gasteiger partial charge in [-0.1, -0.05) is 30.3 Å². The van der Waals surface area contributed by atoms with Crippen LogP contribution in [0.15, 0.2) is 30.3 Å². The first kappa shape index (κ1) is 34.1. The maximum atomic E-state index is 13.0. The van der Waals surface area contributed by atoms with Gasteiger partial charge in [0.2, 0.25) is 24.5 Å². The molecule has 0 aliphatic carbocycles. The topological polar surface area (TPSA) is 246 Å². The molecule has 4 fully saturated rings. The molecule has 4 aliphatic rings. The number of carboxylic acids is 1. The number of fused-ring (bicyclic) bond motifs is 2. The third-order valence-electron chi connectivity index (χ3n) is 8.18. The number of carbonyl (C=O) groups is 6. The summed E-state index contributed by atoms with van der Waals surface area (Å²) in [6, 6.07) is 4.45. The van der Waals surface area contributed by atoms with Crippen LogP contribution >= 0.6 is 11.8 Å². The molecule has 4 saturated heterocycles. The van der Waals surface area contributed by atoms with Crippen molar-refractivity contribution < 1.29 is 51.8 Å². The number of rotatable bonds is 8. The molecule has 6 atom stereocenters. The smallest absolute Gasteiger partial charge is 0.333 e. The molecule has 6 N–H and O–H groups in total. The fourth-order valence-corrected chi connectivity index (χ4v) is 9.44. The number of esters is 2. The molecular formula is C27H35N5O11S2. The number of β-lactam (4-membered cyclic amide) rings is 2. The SMILES string of the molecule is CC1(C)S[C@@H]2[C@H](NC(=O)[C@H](N)c3ccccc3)C(=O)N2[C@H]1C(=O)OCOC(=O)[C@@H]1N2C(=O)C[C@H]2S(=O)(=O)C1(C)C.NCC(=O)O. The number of thioether (sulfide) groups is 1. The Bertz CT molecular complexity index is 1520. The van der Waals surface area contributed by atoms with Gasteiger partial charge in [0.05, 0.1) is 17.7 Å². The maximum absolute atomic E-state index is 13.0. The molecule has 3 amide bonds. The van der Waals surface area contributed by atoms with Crippen molar-refractivity contribution in [2.45, 2.75) is 78.5 Å². The average Bonchev–Trinajstić information content (AvgIpc) is 3.30. The van der Waals surface area contributed by atoms with Crippen LogP contribution in [-0.2, 0) is 48.1 Å². The molecule has 0 radical (unpaired) electrons. The van der Waals surface area contributed by atoms with Crippen LogP contribution in [-0.4, -0.2) is 111 Å². The van der Waals surface area contributed by atoms with Gasteiger partial charge in [-0.05, 0) is 33.3 Å². The molecule has 1 aromatic rings. The van der Waals surface area contributed by atoms with Crippen LogP contribution in [0, 0.1) is 0 Å². The zero-order valence-electron chi connectivity index (χ0n) is 24.9. The third-order valence-corrected chi connectivity index (χ3v) is 12.6. The van der Waals surface area contributed by atoms with E-state index in [2.05, 4.69) is 11.1 Å². The Kier molecular flexibility index (Phi) is 9.27. The second-order valence-electron chi connectivity index (χ2n) is 11.8. The number of hydrogen-bond donors (Lipinski definition) is 4. The molecule has 4 heterocycles. The first-order valence-electron chi connectivity index (χ1n) is 13.8. The van der Waals surface area contributed by atoms with Crippen LogP contribution in [0.25, 0.3) is 0 Å². The van der Waals surface area contributed by atoms with Crippen molar-refractivity contribution in [1.29, 1.82) is 0 Å². The number of nitrogens with two attached hydrogens (primary N) is 2. The number of carbonyl (C=O) groups excluding carboxylic acids is 5. The lowest BCUT2D eigenvalue weighted by molar-refractivity contribution is -0.181. The van der Waals surface area contributed by atoms with E-state index in [1.54, 1.807) is 44.2 Å². The van der Waals surface area contributed by atoms with E-state index in [0.29, 0.717) is 5.56 Å². The highest BCUT2D eigenvalue weighted by Gasteiger charge is 2.68. The van der Waals surface area contributed by atoms with Crippen molar-refractivity contribution in [3.63, 3.8) is 0 Å². The van der Waals surface area contributed by atoms with Crippen molar-refractivity contribution in [3.8, 4) is 0 Å². The molecule has 0 saturated carbocycles. The lowest BCUT2D eigenvalue weighted by Gasteiger charge is -2.44. The van der Waals surface area contributed by atoms with E-state index in [-0.39, 0.29) is 13.0 Å². The molecule has 0 bridgehead atoms. The zero-order valence-corrected chi connectivity index (χ0v) is 26.5. The second-order valence-corrected chi connectivity index (χ2v) is 16.2. The van der Waals surface area contributed by atoms with Gasteiger partial charge in [-0.2, -0.15) is 0 Å². The molecule has 4 aliphatic heterocycles. The lowest BCUT2D eigenvalue weighted by atomic mass is 9.95. The quantitative estimate of drug-likeness (QED) is 0.139. The van der Waals surface area contributed by atoms with Crippen LogP contribution in [0.5, 0.6) is 0 Å². The van der Waals surface area contributed by atoms with Crippen LogP contribution < -0.4 is 16.8 Å². The van der Waals surface area contributed by atoms with Gasteiger partial charge in [-0.25, -0.2) is 18.0 Å². The Morgan fingerprint density at radius 3 is 2.13 bits per heavy atom. The summed E-state index contributed by atoms with van der Waals surface area (Å²) >= 11 is 1.31. The molecule has 45 heavy (non-hydrogen) atoms. The largest absolute Gasteiger partial charge is 0.480 e. The highest BCUT2D eigenvalue weighted by atomic mass is 32.2. The predicted octanol–water partition coefficient (Wildman–Crippen LogP) is -1.56. The molecule has 0 aromatic heterocycles. The molecule has 18 heteroatoms. The minimum atomic E-state index is -3.80. The normalized spacial score (nSPS) is 28.6. The van der Waals surface area contributed by atoms with Gasteiger partial charge in [0, 0.05) is 4.75 Å².